The van der Waals surface area contributed by atoms with E-state index in [-0.39, 0.29) is 11.5 Å². The van der Waals surface area contributed by atoms with Gasteiger partial charge in [0, 0.05) is 37.3 Å². The Labute approximate surface area is 181 Å². The standard InChI is InChI=1S/C24H28N2O5/c1-24(2)30-22(28)19(23(29)31-24)12-25-18-5-3-15(4-6-18)21(27)26-20-16-8-13-7-14(10-16)11-17(20)9-13/h3-6,12-14,16-17,20,25H,7-11H2,1-2H3,(H,26,27). The fourth-order valence-corrected chi connectivity index (χ4v) is 6.05. The molecule has 1 heterocycles. The molecule has 4 bridgehead atoms. The highest BCUT2D eigenvalue weighted by molar-refractivity contribution is 6.15. The molecule has 6 rings (SSSR count). The number of hydrogen-bond donors (Lipinski definition) is 2. The van der Waals surface area contributed by atoms with Gasteiger partial charge in [-0.2, -0.15) is 0 Å². The van der Waals surface area contributed by atoms with Crippen molar-refractivity contribution in [2.45, 2.75) is 57.8 Å². The molecular formula is C24H28N2O5. The molecular weight excluding hydrogens is 396 g/mol. The molecule has 4 aliphatic carbocycles. The Morgan fingerprint density at radius 3 is 2.03 bits per heavy atom. The van der Waals surface area contributed by atoms with Crippen molar-refractivity contribution in [3.05, 3.63) is 41.6 Å². The lowest BCUT2D eigenvalue weighted by atomic mass is 9.54. The summed E-state index contributed by atoms with van der Waals surface area (Å²) in [6.07, 6.45) is 7.71. The third kappa shape index (κ3) is 3.93. The highest BCUT2D eigenvalue weighted by atomic mass is 16.7. The molecule has 2 N–H and O–H groups in total. The minimum atomic E-state index is -1.27. The quantitative estimate of drug-likeness (QED) is 0.437. The van der Waals surface area contributed by atoms with E-state index in [1.807, 2.05) is 0 Å². The van der Waals surface area contributed by atoms with E-state index in [2.05, 4.69) is 10.6 Å². The molecule has 1 aliphatic heterocycles. The fraction of sp³-hybridized carbons (Fsp3) is 0.542. The van der Waals surface area contributed by atoms with E-state index in [1.54, 1.807) is 24.3 Å². The van der Waals surface area contributed by atoms with Gasteiger partial charge < -0.3 is 20.1 Å². The predicted molar refractivity (Wildman–Crippen MR) is 113 cm³/mol. The zero-order valence-corrected chi connectivity index (χ0v) is 17.9. The van der Waals surface area contributed by atoms with Gasteiger partial charge in [-0.25, -0.2) is 9.59 Å². The van der Waals surface area contributed by atoms with Crippen molar-refractivity contribution in [2.24, 2.45) is 23.7 Å². The van der Waals surface area contributed by atoms with Crippen LogP contribution in [0.2, 0.25) is 0 Å². The van der Waals surface area contributed by atoms with E-state index >= 15 is 0 Å². The van der Waals surface area contributed by atoms with Crippen LogP contribution in [0.5, 0.6) is 0 Å². The number of nitrogens with one attached hydrogen (secondary N) is 2. The summed E-state index contributed by atoms with van der Waals surface area (Å²) < 4.78 is 10.1. The molecule has 0 aromatic heterocycles. The third-order valence-corrected chi connectivity index (χ3v) is 7.17. The first-order chi connectivity index (χ1) is 14.8. The molecule has 0 radical (unpaired) electrons. The smallest absolute Gasteiger partial charge is 0.350 e. The second kappa shape index (κ2) is 7.39. The van der Waals surface area contributed by atoms with Crippen molar-refractivity contribution in [1.29, 1.82) is 0 Å². The van der Waals surface area contributed by atoms with Crippen molar-refractivity contribution in [3.63, 3.8) is 0 Å². The molecule has 4 saturated carbocycles. The Morgan fingerprint density at radius 1 is 0.935 bits per heavy atom. The molecule has 0 spiro atoms. The lowest BCUT2D eigenvalue weighted by Gasteiger charge is -2.54. The number of rotatable bonds is 4. The van der Waals surface area contributed by atoms with Gasteiger partial charge in [0.15, 0.2) is 5.57 Å². The molecule has 0 atom stereocenters. The summed E-state index contributed by atoms with van der Waals surface area (Å²) in [5, 5.41) is 6.20. The first kappa shape index (κ1) is 20.1. The van der Waals surface area contributed by atoms with Crippen LogP contribution in [0.1, 0.15) is 56.3 Å². The Morgan fingerprint density at radius 2 is 1.48 bits per heavy atom. The van der Waals surface area contributed by atoms with Crippen molar-refractivity contribution >= 4 is 23.5 Å². The molecule has 0 unspecified atom stereocenters. The van der Waals surface area contributed by atoms with Gasteiger partial charge in [0.2, 0.25) is 0 Å². The first-order valence-corrected chi connectivity index (χ1v) is 11.1. The van der Waals surface area contributed by atoms with Crippen molar-refractivity contribution in [3.8, 4) is 0 Å². The number of hydrogen-bond acceptors (Lipinski definition) is 6. The lowest BCUT2D eigenvalue weighted by Crippen LogP contribution is -2.55. The summed E-state index contributed by atoms with van der Waals surface area (Å²) in [5.74, 6) is 0.239. The van der Waals surface area contributed by atoms with Crippen LogP contribution < -0.4 is 10.6 Å². The van der Waals surface area contributed by atoms with Gasteiger partial charge in [-0.3, -0.25) is 4.79 Å². The number of amides is 1. The van der Waals surface area contributed by atoms with Gasteiger partial charge in [-0.05, 0) is 80.0 Å². The van der Waals surface area contributed by atoms with E-state index in [4.69, 9.17) is 9.47 Å². The second-order valence-corrected chi connectivity index (χ2v) is 9.89. The molecule has 5 fully saturated rings. The highest BCUT2D eigenvalue weighted by Crippen LogP contribution is 2.53. The van der Waals surface area contributed by atoms with Gasteiger partial charge in [0.25, 0.3) is 11.7 Å². The fourth-order valence-electron chi connectivity index (χ4n) is 6.05. The Balaban J connectivity index is 1.21. The molecule has 1 aromatic rings. The maximum atomic E-state index is 12.8. The molecule has 31 heavy (non-hydrogen) atoms. The molecule has 7 nitrogen and oxygen atoms in total. The van der Waals surface area contributed by atoms with E-state index in [0.29, 0.717) is 29.1 Å². The first-order valence-electron chi connectivity index (χ1n) is 11.1. The van der Waals surface area contributed by atoms with Crippen LogP contribution in [0.15, 0.2) is 36.0 Å². The molecule has 5 aliphatic rings. The van der Waals surface area contributed by atoms with Gasteiger partial charge in [0.05, 0.1) is 0 Å². The van der Waals surface area contributed by atoms with Crippen LogP contribution in [0.4, 0.5) is 5.69 Å². The van der Waals surface area contributed by atoms with Crippen molar-refractivity contribution in [1.82, 2.24) is 5.32 Å². The Bertz CT molecular complexity index is 899. The summed E-state index contributed by atoms with van der Waals surface area (Å²) >= 11 is 0. The minimum absolute atomic E-state index is 0.0379. The monoisotopic (exact) mass is 424 g/mol. The lowest BCUT2D eigenvalue weighted by molar-refractivity contribution is -0.222. The van der Waals surface area contributed by atoms with Gasteiger partial charge in [-0.15, -0.1) is 0 Å². The highest BCUT2D eigenvalue weighted by Gasteiger charge is 2.48. The minimum Gasteiger partial charge on any atom is -0.419 e. The van der Waals surface area contributed by atoms with Crippen molar-refractivity contribution in [2.75, 3.05) is 5.32 Å². The van der Waals surface area contributed by atoms with E-state index in [0.717, 1.165) is 11.8 Å². The predicted octanol–water partition coefficient (Wildman–Crippen LogP) is 3.37. The number of esters is 2. The zero-order chi connectivity index (χ0) is 21.8. The number of ether oxygens (including phenoxy) is 2. The van der Waals surface area contributed by atoms with Crippen LogP contribution in [0.25, 0.3) is 0 Å². The number of carbonyl (C=O) groups is 3. The summed E-state index contributed by atoms with van der Waals surface area (Å²) in [5.41, 5.74) is 1.04. The number of cyclic esters (lactones) is 2. The van der Waals surface area contributed by atoms with Crippen molar-refractivity contribution < 1.29 is 23.9 Å². The zero-order valence-electron chi connectivity index (χ0n) is 17.9. The van der Waals surface area contributed by atoms with Crippen LogP contribution in [0, 0.1) is 23.7 Å². The van der Waals surface area contributed by atoms with Gasteiger partial charge in [-0.1, -0.05) is 0 Å². The summed E-state index contributed by atoms with van der Waals surface area (Å²) in [4.78, 5) is 36.8. The maximum Gasteiger partial charge on any atom is 0.350 e. The van der Waals surface area contributed by atoms with Gasteiger partial charge >= 0.3 is 11.9 Å². The Kier molecular flexibility index (Phi) is 4.79. The SMILES string of the molecule is CC1(C)OC(=O)C(=CNc2ccc(C(=O)NC3C4CC5CC(C4)CC3C5)cc2)C(=O)O1. The molecule has 164 valence electrons. The third-order valence-electron chi connectivity index (χ3n) is 7.17. The van der Waals surface area contributed by atoms with E-state index in [9.17, 15) is 14.4 Å². The molecule has 7 heteroatoms. The van der Waals surface area contributed by atoms with Crippen LogP contribution >= 0.6 is 0 Å². The number of benzene rings is 1. The van der Waals surface area contributed by atoms with Crippen LogP contribution in [-0.2, 0) is 19.1 Å². The number of anilines is 1. The van der Waals surface area contributed by atoms with E-state index in [1.165, 1.54) is 52.2 Å². The average Bonchev–Trinajstić information content (AvgIpc) is 2.69. The molecule has 1 amide bonds. The van der Waals surface area contributed by atoms with E-state index < -0.39 is 17.7 Å². The average molecular weight is 424 g/mol. The maximum absolute atomic E-state index is 12.8. The van der Waals surface area contributed by atoms with Gasteiger partial charge in [0.1, 0.15) is 0 Å². The summed E-state index contributed by atoms with van der Waals surface area (Å²) in [6, 6.07) is 7.27. The van der Waals surface area contributed by atoms with Crippen LogP contribution in [-0.4, -0.2) is 29.7 Å². The topological polar surface area (TPSA) is 93.7 Å². The Hall–Kier alpha value is -2.83. The normalized spacial score (nSPS) is 32.8. The number of carbonyl (C=O) groups excluding carboxylic acids is 3. The molecule has 1 aromatic carbocycles. The molecule has 1 saturated heterocycles. The summed E-state index contributed by atoms with van der Waals surface area (Å²) in [7, 11) is 0. The largest absolute Gasteiger partial charge is 0.419 e. The van der Waals surface area contributed by atoms with Crippen LogP contribution in [0.3, 0.4) is 0 Å². The summed E-state index contributed by atoms with van der Waals surface area (Å²) in [6.45, 7) is 3.00. The second-order valence-electron chi connectivity index (χ2n) is 9.89.